The Morgan fingerprint density at radius 1 is 1.10 bits per heavy atom. The van der Waals surface area contributed by atoms with Gasteiger partial charge in [-0.3, -0.25) is 4.98 Å². The Morgan fingerprint density at radius 2 is 1.85 bits per heavy atom. The monoisotopic (exact) mass is 271 g/mol. The van der Waals surface area contributed by atoms with Crippen LogP contribution >= 0.6 is 0 Å². The van der Waals surface area contributed by atoms with Crippen molar-refractivity contribution in [3.05, 3.63) is 53.3 Å². The highest BCUT2D eigenvalue weighted by Crippen LogP contribution is 2.28. The van der Waals surface area contributed by atoms with Gasteiger partial charge in [0.2, 0.25) is 0 Å². The third-order valence-corrected chi connectivity index (χ3v) is 3.29. The molecule has 0 aliphatic carbocycles. The van der Waals surface area contributed by atoms with Crippen molar-refractivity contribution >= 4 is 0 Å². The van der Waals surface area contributed by atoms with E-state index in [0.29, 0.717) is 17.4 Å². The van der Waals surface area contributed by atoms with Crippen LogP contribution in [0.3, 0.4) is 0 Å². The normalized spacial score (nSPS) is 12.5. The third kappa shape index (κ3) is 3.36. The molecule has 1 atom stereocenters. The maximum absolute atomic E-state index is 9.44. The van der Waals surface area contributed by atoms with E-state index in [9.17, 15) is 5.11 Å². The average Bonchev–Trinajstić information content (AvgIpc) is 2.41. The van der Waals surface area contributed by atoms with Crippen molar-refractivity contribution in [3.63, 3.8) is 0 Å². The zero-order valence-corrected chi connectivity index (χ0v) is 12.4. The molecule has 0 saturated carbocycles. The second-order valence-corrected chi connectivity index (χ2v) is 5.38. The first kappa shape index (κ1) is 14.5. The molecular weight excluding hydrogens is 250 g/mol. The maximum atomic E-state index is 9.44. The number of ether oxygens (including phenoxy) is 1. The van der Waals surface area contributed by atoms with Gasteiger partial charge in [0.15, 0.2) is 0 Å². The molecule has 2 rings (SSSR count). The Bertz CT molecular complexity index is 574. The number of hydrogen-bond donors (Lipinski definition) is 1. The lowest BCUT2D eigenvalue weighted by Gasteiger charge is -2.13. The van der Waals surface area contributed by atoms with Gasteiger partial charge in [0.1, 0.15) is 11.5 Å². The van der Waals surface area contributed by atoms with Crippen LogP contribution in [0.25, 0.3) is 0 Å². The van der Waals surface area contributed by atoms with Gasteiger partial charge < -0.3 is 9.84 Å². The van der Waals surface area contributed by atoms with Crippen LogP contribution < -0.4 is 4.74 Å². The molecule has 1 heterocycles. The number of aliphatic hydroxyl groups is 1. The average molecular weight is 271 g/mol. The fourth-order valence-electron chi connectivity index (χ4n) is 1.91. The van der Waals surface area contributed by atoms with Gasteiger partial charge in [-0.05, 0) is 49.1 Å². The first-order chi connectivity index (χ1) is 9.47. The topological polar surface area (TPSA) is 42.4 Å². The van der Waals surface area contributed by atoms with E-state index < -0.39 is 6.10 Å². The molecule has 20 heavy (non-hydrogen) atoms. The van der Waals surface area contributed by atoms with E-state index in [2.05, 4.69) is 37.0 Å². The van der Waals surface area contributed by atoms with Gasteiger partial charge in [-0.2, -0.15) is 0 Å². The van der Waals surface area contributed by atoms with E-state index in [0.717, 1.165) is 11.3 Å². The maximum Gasteiger partial charge on any atom is 0.145 e. The molecule has 0 amide bonds. The van der Waals surface area contributed by atoms with Gasteiger partial charge in [0.25, 0.3) is 0 Å². The molecule has 0 spiro atoms. The van der Waals surface area contributed by atoms with Crippen LogP contribution in [0.2, 0.25) is 0 Å². The molecule has 106 valence electrons. The van der Waals surface area contributed by atoms with E-state index >= 15 is 0 Å². The summed E-state index contributed by atoms with van der Waals surface area (Å²) in [4.78, 5) is 4.19. The standard InChI is InChI=1S/C17H21NO2/c1-11(2)14-6-5-12(3)17(9-14)20-15-7-8-16(13(4)19)18-10-15/h5-11,13,19H,1-4H3/t13-/m0/s1. The number of benzene rings is 1. The first-order valence-electron chi connectivity index (χ1n) is 6.90. The number of aromatic nitrogens is 1. The Hall–Kier alpha value is -1.87. The van der Waals surface area contributed by atoms with Crippen molar-refractivity contribution in [2.75, 3.05) is 0 Å². The zero-order valence-electron chi connectivity index (χ0n) is 12.4. The second kappa shape index (κ2) is 6.06. The summed E-state index contributed by atoms with van der Waals surface area (Å²) >= 11 is 0. The fourth-order valence-corrected chi connectivity index (χ4v) is 1.91. The van der Waals surface area contributed by atoms with Crippen LogP contribution in [0.5, 0.6) is 11.5 Å². The van der Waals surface area contributed by atoms with E-state index in [1.54, 1.807) is 19.2 Å². The molecule has 1 aromatic heterocycles. The van der Waals surface area contributed by atoms with Crippen molar-refractivity contribution in [1.82, 2.24) is 4.98 Å². The molecule has 3 nitrogen and oxygen atoms in total. The summed E-state index contributed by atoms with van der Waals surface area (Å²) in [7, 11) is 0. The Kier molecular flexibility index (Phi) is 4.40. The quantitative estimate of drug-likeness (QED) is 0.898. The molecule has 3 heteroatoms. The minimum atomic E-state index is -0.560. The summed E-state index contributed by atoms with van der Waals surface area (Å²) in [5.41, 5.74) is 2.98. The lowest BCUT2D eigenvalue weighted by Crippen LogP contribution is -1.96. The molecule has 0 bridgehead atoms. The van der Waals surface area contributed by atoms with E-state index in [1.807, 2.05) is 13.0 Å². The minimum absolute atomic E-state index is 0.466. The second-order valence-electron chi connectivity index (χ2n) is 5.38. The predicted molar refractivity (Wildman–Crippen MR) is 80.2 cm³/mol. The van der Waals surface area contributed by atoms with E-state index in [1.165, 1.54) is 5.56 Å². The van der Waals surface area contributed by atoms with Crippen molar-refractivity contribution in [2.45, 2.75) is 39.7 Å². The van der Waals surface area contributed by atoms with Crippen LogP contribution in [0.4, 0.5) is 0 Å². The lowest BCUT2D eigenvalue weighted by atomic mass is 10.0. The zero-order chi connectivity index (χ0) is 14.7. The van der Waals surface area contributed by atoms with Crippen molar-refractivity contribution in [3.8, 4) is 11.5 Å². The van der Waals surface area contributed by atoms with Crippen molar-refractivity contribution in [2.24, 2.45) is 0 Å². The predicted octanol–water partition coefficient (Wildman–Crippen LogP) is 4.36. The van der Waals surface area contributed by atoms with Crippen LogP contribution in [-0.4, -0.2) is 10.1 Å². The number of aliphatic hydroxyl groups excluding tert-OH is 1. The minimum Gasteiger partial charge on any atom is -0.455 e. The van der Waals surface area contributed by atoms with Gasteiger partial charge >= 0.3 is 0 Å². The molecule has 0 fully saturated rings. The van der Waals surface area contributed by atoms with Crippen molar-refractivity contribution in [1.29, 1.82) is 0 Å². The van der Waals surface area contributed by atoms with Gasteiger partial charge in [-0.25, -0.2) is 0 Å². The van der Waals surface area contributed by atoms with Crippen LogP contribution in [-0.2, 0) is 0 Å². The Balaban J connectivity index is 2.23. The lowest BCUT2D eigenvalue weighted by molar-refractivity contribution is 0.194. The number of hydrogen-bond acceptors (Lipinski definition) is 3. The molecule has 1 N–H and O–H groups in total. The van der Waals surface area contributed by atoms with Crippen LogP contribution in [0.1, 0.15) is 49.6 Å². The van der Waals surface area contributed by atoms with E-state index in [4.69, 9.17) is 4.74 Å². The van der Waals surface area contributed by atoms with Gasteiger partial charge in [0, 0.05) is 0 Å². The van der Waals surface area contributed by atoms with Crippen molar-refractivity contribution < 1.29 is 9.84 Å². The molecule has 0 aliphatic rings. The molecule has 2 aromatic rings. The smallest absolute Gasteiger partial charge is 0.145 e. The highest BCUT2D eigenvalue weighted by molar-refractivity contribution is 5.40. The molecule has 0 unspecified atom stereocenters. The van der Waals surface area contributed by atoms with Gasteiger partial charge in [-0.15, -0.1) is 0 Å². The number of rotatable bonds is 4. The summed E-state index contributed by atoms with van der Waals surface area (Å²) < 4.78 is 5.89. The molecule has 1 aromatic carbocycles. The van der Waals surface area contributed by atoms with Gasteiger partial charge in [-0.1, -0.05) is 26.0 Å². The highest BCUT2D eigenvalue weighted by atomic mass is 16.5. The number of pyridine rings is 1. The first-order valence-corrected chi connectivity index (χ1v) is 6.90. The SMILES string of the molecule is Cc1ccc(C(C)C)cc1Oc1ccc([C@H](C)O)nc1. The summed E-state index contributed by atoms with van der Waals surface area (Å²) in [5, 5.41) is 9.44. The van der Waals surface area contributed by atoms with E-state index in [-0.39, 0.29) is 0 Å². The largest absolute Gasteiger partial charge is 0.455 e. The summed E-state index contributed by atoms with van der Waals surface area (Å²) in [6.45, 7) is 8.04. The van der Waals surface area contributed by atoms with Crippen LogP contribution in [0.15, 0.2) is 36.5 Å². The molecule has 0 radical (unpaired) electrons. The number of aryl methyl sites for hydroxylation is 1. The highest BCUT2D eigenvalue weighted by Gasteiger charge is 2.07. The fraction of sp³-hybridized carbons (Fsp3) is 0.353. The van der Waals surface area contributed by atoms with Gasteiger partial charge in [0.05, 0.1) is 18.0 Å². The van der Waals surface area contributed by atoms with Crippen LogP contribution in [0, 0.1) is 6.92 Å². The third-order valence-electron chi connectivity index (χ3n) is 3.29. The molecule has 0 aliphatic heterocycles. The summed E-state index contributed by atoms with van der Waals surface area (Å²) in [6.07, 6.45) is 1.08. The molecular formula is C17H21NO2. The molecule has 0 saturated heterocycles. The summed E-state index contributed by atoms with van der Waals surface area (Å²) in [6, 6.07) is 9.88. The summed E-state index contributed by atoms with van der Waals surface area (Å²) in [5.74, 6) is 2.00. The Morgan fingerprint density at radius 3 is 2.40 bits per heavy atom. The number of nitrogens with zero attached hydrogens (tertiary/aromatic N) is 1. The Labute approximate surface area is 120 Å².